The van der Waals surface area contributed by atoms with Crippen molar-refractivity contribution in [3.8, 4) is 5.69 Å². The van der Waals surface area contributed by atoms with E-state index in [9.17, 15) is 9.59 Å². The van der Waals surface area contributed by atoms with E-state index in [1.807, 2.05) is 10.9 Å². The summed E-state index contributed by atoms with van der Waals surface area (Å²) >= 11 is 0. The largest absolute Gasteiger partial charge is 0.349 e. The van der Waals surface area contributed by atoms with Gasteiger partial charge >= 0.3 is 0 Å². The van der Waals surface area contributed by atoms with Gasteiger partial charge in [0.2, 0.25) is 11.8 Å². The first-order chi connectivity index (χ1) is 14.0. The fourth-order valence-electron chi connectivity index (χ4n) is 4.00. The summed E-state index contributed by atoms with van der Waals surface area (Å²) in [6.45, 7) is 4.22. The van der Waals surface area contributed by atoms with Crippen molar-refractivity contribution >= 4 is 17.5 Å². The number of amides is 2. The minimum atomic E-state index is -0.0614. The molecule has 1 aromatic carbocycles. The highest BCUT2D eigenvalue weighted by Crippen LogP contribution is 2.31. The third-order valence-electron chi connectivity index (χ3n) is 5.87. The molecule has 4 rings (SSSR count). The maximum atomic E-state index is 12.5. The number of nitrogens with one attached hydrogen (secondary N) is 2. The quantitative estimate of drug-likeness (QED) is 0.818. The fourth-order valence-corrected chi connectivity index (χ4v) is 4.00. The van der Waals surface area contributed by atoms with E-state index in [2.05, 4.69) is 53.0 Å². The highest BCUT2D eigenvalue weighted by atomic mass is 16.2. The first-order valence-electron chi connectivity index (χ1n) is 10.3. The Morgan fingerprint density at radius 3 is 2.86 bits per heavy atom. The average molecular weight is 393 g/mol. The molecule has 1 aliphatic heterocycles. The van der Waals surface area contributed by atoms with E-state index in [1.54, 1.807) is 0 Å². The van der Waals surface area contributed by atoms with Gasteiger partial charge in [0, 0.05) is 29.8 Å². The van der Waals surface area contributed by atoms with Crippen molar-refractivity contribution in [2.45, 2.75) is 64.8 Å². The molecule has 152 valence electrons. The van der Waals surface area contributed by atoms with Gasteiger partial charge in [0.05, 0.1) is 17.9 Å². The summed E-state index contributed by atoms with van der Waals surface area (Å²) in [5.41, 5.74) is 9.24. The molecule has 7 nitrogen and oxygen atoms in total. The number of fused-ring (bicyclic) bond motifs is 1. The van der Waals surface area contributed by atoms with Crippen LogP contribution in [-0.4, -0.2) is 27.3 Å². The Hall–Kier alpha value is -2.96. The van der Waals surface area contributed by atoms with Gasteiger partial charge in [-0.1, -0.05) is 6.07 Å². The number of aryl methyl sites for hydroxylation is 2. The number of hydrogen-bond donors (Lipinski definition) is 2. The molecule has 0 bridgehead atoms. The van der Waals surface area contributed by atoms with Crippen molar-refractivity contribution in [1.82, 2.24) is 20.5 Å². The molecule has 1 atom stereocenters. The minimum Gasteiger partial charge on any atom is -0.349 e. The van der Waals surface area contributed by atoms with Crippen molar-refractivity contribution in [3.63, 3.8) is 0 Å². The van der Waals surface area contributed by atoms with E-state index < -0.39 is 0 Å². The van der Waals surface area contributed by atoms with Crippen LogP contribution < -0.4 is 10.7 Å². The van der Waals surface area contributed by atoms with Crippen LogP contribution in [0.15, 0.2) is 29.5 Å². The van der Waals surface area contributed by atoms with Crippen molar-refractivity contribution in [2.75, 3.05) is 0 Å². The molecule has 7 heteroatoms. The average Bonchev–Trinajstić information content (AvgIpc) is 3.15. The molecule has 0 fully saturated rings. The lowest BCUT2D eigenvalue weighted by Gasteiger charge is -2.24. The molecule has 0 saturated carbocycles. The Labute approximate surface area is 170 Å². The number of aromatic nitrogens is 2. The Balaban J connectivity index is 1.43. The first kappa shape index (κ1) is 19.4. The Morgan fingerprint density at radius 1 is 1.24 bits per heavy atom. The molecule has 2 amide bonds. The van der Waals surface area contributed by atoms with Gasteiger partial charge < -0.3 is 5.32 Å². The number of nitrogens with zero attached hydrogens (tertiary/aromatic N) is 3. The predicted octanol–water partition coefficient (Wildman–Crippen LogP) is 3.03. The topological polar surface area (TPSA) is 88.4 Å². The van der Waals surface area contributed by atoms with E-state index in [0.29, 0.717) is 25.7 Å². The summed E-state index contributed by atoms with van der Waals surface area (Å²) in [5, 5.41) is 11.8. The molecular weight excluding hydrogens is 366 g/mol. The van der Waals surface area contributed by atoms with Crippen LogP contribution in [0.2, 0.25) is 0 Å². The fraction of sp³-hybridized carbons (Fsp3) is 0.455. The Morgan fingerprint density at radius 2 is 2.10 bits per heavy atom. The van der Waals surface area contributed by atoms with Crippen LogP contribution in [0.4, 0.5) is 0 Å². The third kappa shape index (κ3) is 4.23. The zero-order chi connectivity index (χ0) is 20.4. The molecule has 2 aliphatic rings. The van der Waals surface area contributed by atoms with Crippen LogP contribution >= 0.6 is 0 Å². The van der Waals surface area contributed by atoms with Crippen LogP contribution in [0.3, 0.4) is 0 Å². The summed E-state index contributed by atoms with van der Waals surface area (Å²) in [6, 6.07) is 6.38. The molecule has 0 radical (unpaired) electrons. The Bertz CT molecular complexity index is 976. The van der Waals surface area contributed by atoms with E-state index in [-0.39, 0.29) is 17.9 Å². The third-order valence-corrected chi connectivity index (χ3v) is 5.87. The van der Waals surface area contributed by atoms with Gasteiger partial charge in [-0.05, 0) is 69.2 Å². The molecule has 1 aliphatic carbocycles. The van der Waals surface area contributed by atoms with Gasteiger partial charge in [-0.15, -0.1) is 0 Å². The lowest BCUT2D eigenvalue weighted by atomic mass is 9.92. The first-order valence-corrected chi connectivity index (χ1v) is 10.3. The number of hydrogen-bond acceptors (Lipinski definition) is 4. The second-order valence-electron chi connectivity index (χ2n) is 7.95. The second-order valence-corrected chi connectivity index (χ2v) is 7.95. The van der Waals surface area contributed by atoms with Gasteiger partial charge in [0.1, 0.15) is 0 Å². The van der Waals surface area contributed by atoms with Crippen LogP contribution in [0.25, 0.3) is 5.69 Å². The zero-order valence-electron chi connectivity index (χ0n) is 17.0. The molecule has 2 heterocycles. The monoisotopic (exact) mass is 393 g/mol. The lowest BCUT2D eigenvalue weighted by Crippen LogP contribution is -2.32. The van der Waals surface area contributed by atoms with Crippen LogP contribution in [0, 0.1) is 13.8 Å². The standard InChI is InChI=1S/C22H27N5O2/c1-14-6-9-17(12-15(14)2)27-20-5-3-4-19(18(20)13-23-27)24-21(28)10-7-16-8-11-22(29)26-25-16/h6,9,12-13,19H,3-5,7-8,10-11H2,1-2H3,(H,24,28)(H,26,29)/t19-/m0/s1. The number of benzene rings is 1. The van der Waals surface area contributed by atoms with Gasteiger partial charge in [0.15, 0.2) is 0 Å². The summed E-state index contributed by atoms with van der Waals surface area (Å²) in [6.07, 6.45) is 6.85. The maximum absolute atomic E-state index is 12.5. The number of carbonyl (C=O) groups is 2. The van der Waals surface area contributed by atoms with Crippen molar-refractivity contribution in [1.29, 1.82) is 0 Å². The number of rotatable bonds is 5. The number of hydrazone groups is 1. The minimum absolute atomic E-state index is 0.000423. The SMILES string of the molecule is Cc1ccc(-n2ncc3c2CCC[C@@H]3NC(=O)CCC2=NNC(=O)CC2)cc1C. The van der Waals surface area contributed by atoms with Gasteiger partial charge in [-0.25, -0.2) is 10.1 Å². The summed E-state index contributed by atoms with van der Waals surface area (Å²) in [5.74, 6) is -0.0462. The molecule has 2 N–H and O–H groups in total. The van der Waals surface area contributed by atoms with Gasteiger partial charge in [-0.2, -0.15) is 10.2 Å². The molecule has 1 aromatic heterocycles. The molecular formula is C22H27N5O2. The Kier molecular flexibility index (Phi) is 5.47. The van der Waals surface area contributed by atoms with E-state index in [0.717, 1.165) is 36.2 Å². The molecule has 2 aromatic rings. The summed E-state index contributed by atoms with van der Waals surface area (Å²) in [4.78, 5) is 23.7. The smallest absolute Gasteiger partial charge is 0.240 e. The second kappa shape index (κ2) is 8.19. The lowest BCUT2D eigenvalue weighted by molar-refractivity contribution is -0.122. The van der Waals surface area contributed by atoms with E-state index in [4.69, 9.17) is 0 Å². The normalized spacial score (nSPS) is 18.6. The van der Waals surface area contributed by atoms with Crippen LogP contribution in [0.5, 0.6) is 0 Å². The van der Waals surface area contributed by atoms with Crippen LogP contribution in [-0.2, 0) is 16.0 Å². The highest BCUT2D eigenvalue weighted by molar-refractivity contribution is 5.94. The zero-order valence-corrected chi connectivity index (χ0v) is 17.0. The molecule has 0 spiro atoms. The summed E-state index contributed by atoms with van der Waals surface area (Å²) < 4.78 is 2.01. The van der Waals surface area contributed by atoms with Gasteiger partial charge in [-0.3, -0.25) is 9.59 Å². The number of carbonyl (C=O) groups excluding carboxylic acids is 2. The van der Waals surface area contributed by atoms with E-state index in [1.165, 1.54) is 16.8 Å². The maximum Gasteiger partial charge on any atom is 0.240 e. The van der Waals surface area contributed by atoms with Crippen molar-refractivity contribution in [3.05, 3.63) is 46.8 Å². The molecule has 29 heavy (non-hydrogen) atoms. The van der Waals surface area contributed by atoms with Crippen molar-refractivity contribution < 1.29 is 9.59 Å². The van der Waals surface area contributed by atoms with Crippen LogP contribution in [0.1, 0.15) is 67.0 Å². The van der Waals surface area contributed by atoms with Gasteiger partial charge in [0.25, 0.3) is 0 Å². The molecule has 0 saturated heterocycles. The predicted molar refractivity (Wildman–Crippen MR) is 111 cm³/mol. The van der Waals surface area contributed by atoms with E-state index >= 15 is 0 Å². The molecule has 0 unspecified atom stereocenters. The summed E-state index contributed by atoms with van der Waals surface area (Å²) in [7, 11) is 0. The van der Waals surface area contributed by atoms with Crippen molar-refractivity contribution in [2.24, 2.45) is 5.10 Å². The highest BCUT2D eigenvalue weighted by Gasteiger charge is 2.26.